The number of amides is 2. The van der Waals surface area contributed by atoms with Crippen LogP contribution in [0.3, 0.4) is 0 Å². The Morgan fingerprint density at radius 1 is 1.21 bits per heavy atom. The average Bonchev–Trinajstić information content (AvgIpc) is 2.62. The van der Waals surface area contributed by atoms with Gasteiger partial charge in [0, 0.05) is 25.4 Å². The minimum absolute atomic E-state index is 0.0649. The summed E-state index contributed by atoms with van der Waals surface area (Å²) in [7, 11) is 1.61. The number of methoxy groups -OCH3 is 1. The molecule has 2 heterocycles. The largest absolute Gasteiger partial charge is 0.497 e. The molecular weight excluding hydrogens is 308 g/mol. The lowest BCUT2D eigenvalue weighted by atomic mass is 9.94. The van der Waals surface area contributed by atoms with E-state index < -0.39 is 5.60 Å². The van der Waals surface area contributed by atoms with Gasteiger partial charge >= 0.3 is 0 Å². The van der Waals surface area contributed by atoms with Crippen LogP contribution in [-0.4, -0.2) is 55.7 Å². The van der Waals surface area contributed by atoms with Crippen molar-refractivity contribution in [3.63, 3.8) is 0 Å². The first-order chi connectivity index (χ1) is 11.5. The SMILES string of the molecule is COc1ccc(N2CCN(C(=O)[C@@]3(C)CCCCO3)CC2=O)cc1. The van der Waals surface area contributed by atoms with E-state index in [1.165, 1.54) is 0 Å². The third kappa shape index (κ3) is 3.24. The Kier molecular flexibility index (Phi) is 4.76. The molecule has 2 amide bonds. The molecule has 0 spiro atoms. The van der Waals surface area contributed by atoms with Gasteiger partial charge in [-0.1, -0.05) is 0 Å². The molecule has 1 aromatic carbocycles. The molecule has 24 heavy (non-hydrogen) atoms. The molecule has 1 aromatic rings. The van der Waals surface area contributed by atoms with Crippen molar-refractivity contribution in [2.75, 3.05) is 38.3 Å². The Balaban J connectivity index is 1.66. The summed E-state index contributed by atoms with van der Waals surface area (Å²) < 4.78 is 10.9. The molecule has 3 rings (SSSR count). The zero-order valence-corrected chi connectivity index (χ0v) is 14.3. The maximum absolute atomic E-state index is 12.8. The van der Waals surface area contributed by atoms with E-state index in [0.717, 1.165) is 30.7 Å². The Hall–Kier alpha value is -2.08. The zero-order chi connectivity index (χ0) is 17.2. The van der Waals surface area contributed by atoms with Crippen LogP contribution in [0.1, 0.15) is 26.2 Å². The van der Waals surface area contributed by atoms with Gasteiger partial charge in [-0.3, -0.25) is 9.59 Å². The second-order valence-electron chi connectivity index (χ2n) is 6.51. The van der Waals surface area contributed by atoms with Crippen LogP contribution in [0.4, 0.5) is 5.69 Å². The number of hydrogen-bond acceptors (Lipinski definition) is 4. The lowest BCUT2D eigenvalue weighted by molar-refractivity contribution is -0.163. The molecule has 130 valence electrons. The van der Waals surface area contributed by atoms with E-state index in [1.54, 1.807) is 16.9 Å². The van der Waals surface area contributed by atoms with Crippen molar-refractivity contribution in [3.05, 3.63) is 24.3 Å². The summed E-state index contributed by atoms with van der Waals surface area (Å²) in [6.07, 6.45) is 2.70. The summed E-state index contributed by atoms with van der Waals surface area (Å²) in [5.41, 5.74) is 0.0499. The van der Waals surface area contributed by atoms with E-state index in [9.17, 15) is 9.59 Å². The van der Waals surface area contributed by atoms with Crippen LogP contribution >= 0.6 is 0 Å². The summed E-state index contributed by atoms with van der Waals surface area (Å²) in [6.45, 7) is 3.57. The number of nitrogens with zero attached hydrogens (tertiary/aromatic N) is 2. The zero-order valence-electron chi connectivity index (χ0n) is 14.3. The van der Waals surface area contributed by atoms with E-state index >= 15 is 0 Å². The predicted molar refractivity (Wildman–Crippen MR) is 90.1 cm³/mol. The van der Waals surface area contributed by atoms with E-state index in [1.807, 2.05) is 31.2 Å². The van der Waals surface area contributed by atoms with Gasteiger partial charge in [0.1, 0.15) is 17.9 Å². The number of rotatable bonds is 3. The molecule has 0 aromatic heterocycles. The number of hydrogen-bond donors (Lipinski definition) is 0. The quantitative estimate of drug-likeness (QED) is 0.847. The maximum Gasteiger partial charge on any atom is 0.255 e. The fraction of sp³-hybridized carbons (Fsp3) is 0.556. The summed E-state index contributed by atoms with van der Waals surface area (Å²) in [5, 5.41) is 0. The monoisotopic (exact) mass is 332 g/mol. The average molecular weight is 332 g/mol. The van der Waals surface area contributed by atoms with Crippen molar-refractivity contribution < 1.29 is 19.1 Å². The van der Waals surface area contributed by atoms with Gasteiger partial charge in [-0.15, -0.1) is 0 Å². The van der Waals surface area contributed by atoms with E-state index in [4.69, 9.17) is 9.47 Å². The molecule has 2 aliphatic rings. The van der Waals surface area contributed by atoms with Crippen molar-refractivity contribution in [3.8, 4) is 5.75 Å². The van der Waals surface area contributed by atoms with Gasteiger partial charge in [-0.05, 0) is 50.5 Å². The molecule has 0 saturated carbocycles. The molecule has 2 saturated heterocycles. The van der Waals surface area contributed by atoms with E-state index in [-0.39, 0.29) is 18.4 Å². The van der Waals surface area contributed by atoms with Gasteiger partial charge < -0.3 is 19.3 Å². The van der Waals surface area contributed by atoms with Crippen molar-refractivity contribution in [2.45, 2.75) is 31.8 Å². The third-order valence-corrected chi connectivity index (χ3v) is 4.81. The first-order valence-corrected chi connectivity index (χ1v) is 8.41. The number of carbonyl (C=O) groups excluding carboxylic acids is 2. The number of carbonyl (C=O) groups is 2. The normalized spacial score (nSPS) is 24.8. The fourth-order valence-electron chi connectivity index (χ4n) is 3.32. The number of anilines is 1. The molecule has 0 radical (unpaired) electrons. The lowest BCUT2D eigenvalue weighted by Gasteiger charge is -2.40. The van der Waals surface area contributed by atoms with Gasteiger partial charge in [0.2, 0.25) is 5.91 Å². The molecule has 6 nitrogen and oxygen atoms in total. The highest BCUT2D eigenvalue weighted by atomic mass is 16.5. The highest BCUT2D eigenvalue weighted by Crippen LogP contribution is 2.28. The molecule has 1 atom stereocenters. The second kappa shape index (κ2) is 6.81. The van der Waals surface area contributed by atoms with Crippen LogP contribution < -0.4 is 9.64 Å². The lowest BCUT2D eigenvalue weighted by Crippen LogP contribution is -2.58. The van der Waals surface area contributed by atoms with Crippen LogP contribution in [0.25, 0.3) is 0 Å². The van der Waals surface area contributed by atoms with E-state index in [2.05, 4.69) is 0 Å². The summed E-state index contributed by atoms with van der Waals surface area (Å²) in [4.78, 5) is 28.6. The Bertz CT molecular complexity index is 608. The van der Waals surface area contributed by atoms with Crippen LogP contribution in [0.5, 0.6) is 5.75 Å². The molecule has 0 N–H and O–H groups in total. The number of ether oxygens (including phenoxy) is 2. The second-order valence-corrected chi connectivity index (χ2v) is 6.51. The van der Waals surface area contributed by atoms with Crippen LogP contribution in [0, 0.1) is 0 Å². The molecule has 0 bridgehead atoms. The van der Waals surface area contributed by atoms with Crippen molar-refractivity contribution in [1.82, 2.24) is 4.90 Å². The topological polar surface area (TPSA) is 59.1 Å². The van der Waals surface area contributed by atoms with Gasteiger partial charge in [0.15, 0.2) is 0 Å². The van der Waals surface area contributed by atoms with Crippen LogP contribution in [0.15, 0.2) is 24.3 Å². The number of benzene rings is 1. The fourth-order valence-corrected chi connectivity index (χ4v) is 3.32. The Morgan fingerprint density at radius 3 is 2.54 bits per heavy atom. The van der Waals surface area contributed by atoms with E-state index in [0.29, 0.717) is 19.7 Å². The van der Waals surface area contributed by atoms with Gasteiger partial charge in [0.25, 0.3) is 5.91 Å². The molecule has 2 fully saturated rings. The van der Waals surface area contributed by atoms with Gasteiger partial charge in [-0.2, -0.15) is 0 Å². The maximum atomic E-state index is 12.8. The molecule has 2 aliphatic heterocycles. The predicted octanol–water partition coefficient (Wildman–Crippen LogP) is 1.83. The first kappa shape index (κ1) is 16.8. The molecule has 0 aliphatic carbocycles. The first-order valence-electron chi connectivity index (χ1n) is 8.41. The third-order valence-electron chi connectivity index (χ3n) is 4.81. The minimum Gasteiger partial charge on any atom is -0.497 e. The highest BCUT2D eigenvalue weighted by molar-refractivity contribution is 5.99. The Labute approximate surface area is 142 Å². The molecule has 6 heteroatoms. The molecular formula is C18H24N2O4. The molecule has 0 unspecified atom stereocenters. The van der Waals surface area contributed by atoms with Gasteiger partial charge in [-0.25, -0.2) is 0 Å². The van der Waals surface area contributed by atoms with Crippen molar-refractivity contribution >= 4 is 17.5 Å². The van der Waals surface area contributed by atoms with Gasteiger partial charge in [0.05, 0.1) is 7.11 Å². The standard InChI is InChI=1S/C18H24N2O4/c1-18(9-3-4-12-24-18)17(22)19-10-11-20(16(21)13-19)14-5-7-15(23-2)8-6-14/h5-8H,3-4,9-13H2,1-2H3/t18-/m1/s1. The smallest absolute Gasteiger partial charge is 0.255 e. The van der Waals surface area contributed by atoms with Crippen LogP contribution in [-0.2, 0) is 14.3 Å². The number of piperazine rings is 1. The van der Waals surface area contributed by atoms with Crippen LogP contribution in [0.2, 0.25) is 0 Å². The van der Waals surface area contributed by atoms with Crippen molar-refractivity contribution in [1.29, 1.82) is 0 Å². The minimum atomic E-state index is -0.777. The summed E-state index contributed by atoms with van der Waals surface area (Å²) in [6, 6.07) is 7.38. The Morgan fingerprint density at radius 2 is 1.96 bits per heavy atom. The summed E-state index contributed by atoms with van der Waals surface area (Å²) in [5.74, 6) is 0.617. The van der Waals surface area contributed by atoms with Crippen molar-refractivity contribution in [2.24, 2.45) is 0 Å². The summed E-state index contributed by atoms with van der Waals surface area (Å²) >= 11 is 0. The highest BCUT2D eigenvalue weighted by Gasteiger charge is 2.41.